The van der Waals surface area contributed by atoms with Crippen LogP contribution in [0.3, 0.4) is 0 Å². The van der Waals surface area contributed by atoms with Gasteiger partial charge in [-0.25, -0.2) is 14.6 Å². The molecule has 0 aromatic carbocycles. The quantitative estimate of drug-likeness (QED) is 0.579. The number of esters is 1. The number of nitrogens with zero attached hydrogens (tertiary/aromatic N) is 2. The van der Waals surface area contributed by atoms with Crippen LogP contribution in [-0.2, 0) is 9.47 Å². The average Bonchev–Trinajstić information content (AvgIpc) is 2.74. The lowest BCUT2D eigenvalue weighted by Crippen LogP contribution is -2.26. The molecule has 0 atom stereocenters. The average molecular weight is 355 g/mol. The second kappa shape index (κ2) is 5.48. The maximum atomic E-state index is 12.3. The first-order chi connectivity index (χ1) is 9.73. The number of fused-ring (bicyclic) bond motifs is 1. The van der Waals surface area contributed by atoms with Gasteiger partial charge in [0.25, 0.3) is 0 Å². The smallest absolute Gasteiger partial charge is 0.419 e. The van der Waals surface area contributed by atoms with Gasteiger partial charge in [0.2, 0.25) is 0 Å². The van der Waals surface area contributed by atoms with Gasteiger partial charge in [-0.1, -0.05) is 0 Å². The van der Waals surface area contributed by atoms with E-state index in [-0.39, 0.29) is 5.56 Å². The van der Waals surface area contributed by atoms with Gasteiger partial charge in [-0.05, 0) is 42.8 Å². The van der Waals surface area contributed by atoms with E-state index in [0.29, 0.717) is 15.5 Å². The number of aromatic nitrogens is 2. The number of carbonyl (C=O) groups excluding carboxylic acids is 2. The Morgan fingerprint density at radius 1 is 1.33 bits per heavy atom. The molecule has 0 saturated heterocycles. The number of halogens is 1. The molecule has 2 rings (SSSR count). The van der Waals surface area contributed by atoms with Crippen LogP contribution in [0.1, 0.15) is 31.1 Å². The summed E-state index contributed by atoms with van der Waals surface area (Å²) in [6.45, 7) is 5.32. The van der Waals surface area contributed by atoms with Gasteiger partial charge in [-0.2, -0.15) is 0 Å². The minimum absolute atomic E-state index is 0.262. The molecule has 0 radical (unpaired) electrons. The third-order valence-electron chi connectivity index (χ3n) is 2.65. The largest absolute Gasteiger partial charge is 0.465 e. The maximum absolute atomic E-state index is 12.3. The summed E-state index contributed by atoms with van der Waals surface area (Å²) in [4.78, 5) is 28.1. The third-order valence-corrected chi connectivity index (χ3v) is 3.09. The third kappa shape index (κ3) is 3.24. The number of ether oxygens (including phenoxy) is 2. The van der Waals surface area contributed by atoms with Crippen molar-refractivity contribution in [3.63, 3.8) is 0 Å². The van der Waals surface area contributed by atoms with E-state index in [1.54, 1.807) is 26.8 Å². The summed E-state index contributed by atoms with van der Waals surface area (Å²) in [7, 11) is 1.28. The molecule has 0 aliphatic rings. The fraction of sp³-hybridized carbons (Fsp3) is 0.357. The van der Waals surface area contributed by atoms with E-state index in [0.717, 1.165) is 0 Å². The highest BCUT2D eigenvalue weighted by Crippen LogP contribution is 2.25. The summed E-state index contributed by atoms with van der Waals surface area (Å²) >= 11 is 3.25. The van der Waals surface area contributed by atoms with Gasteiger partial charge in [-0.3, -0.25) is 4.57 Å². The Morgan fingerprint density at radius 3 is 2.57 bits per heavy atom. The molecule has 6 nitrogen and oxygen atoms in total. The summed E-state index contributed by atoms with van der Waals surface area (Å²) in [5, 5.41) is 0.524. The molecule has 2 aromatic rings. The summed E-state index contributed by atoms with van der Waals surface area (Å²) in [5.74, 6) is -0.536. The van der Waals surface area contributed by atoms with Crippen molar-refractivity contribution < 1.29 is 19.1 Å². The molecule has 2 heterocycles. The molecule has 0 aliphatic carbocycles. The molecule has 0 N–H and O–H groups in total. The van der Waals surface area contributed by atoms with Crippen LogP contribution in [0.2, 0.25) is 0 Å². The molecule has 0 aliphatic heterocycles. The zero-order chi connectivity index (χ0) is 15.8. The molecule has 0 fully saturated rings. The van der Waals surface area contributed by atoms with Crippen LogP contribution < -0.4 is 0 Å². The highest BCUT2D eigenvalue weighted by molar-refractivity contribution is 9.10. The zero-order valence-corrected chi connectivity index (χ0v) is 13.7. The van der Waals surface area contributed by atoms with Gasteiger partial charge in [0.05, 0.1) is 18.2 Å². The van der Waals surface area contributed by atoms with Crippen molar-refractivity contribution >= 4 is 38.9 Å². The van der Waals surface area contributed by atoms with Crippen molar-refractivity contribution in [3.05, 3.63) is 28.6 Å². The lowest BCUT2D eigenvalue weighted by atomic mass is 10.2. The number of methoxy groups -OCH3 is 1. The van der Waals surface area contributed by atoms with Crippen LogP contribution in [0.15, 0.2) is 23.1 Å². The Balaban J connectivity index is 2.60. The molecular formula is C14H15BrN2O4. The molecule has 0 saturated carbocycles. The van der Waals surface area contributed by atoms with Crippen LogP contribution in [0.25, 0.3) is 10.9 Å². The molecule has 21 heavy (non-hydrogen) atoms. The van der Waals surface area contributed by atoms with E-state index in [1.165, 1.54) is 24.1 Å². The summed E-state index contributed by atoms with van der Waals surface area (Å²) in [6, 6.07) is 1.64. The van der Waals surface area contributed by atoms with Gasteiger partial charge < -0.3 is 9.47 Å². The molecule has 0 amide bonds. The topological polar surface area (TPSA) is 70.4 Å². The first kappa shape index (κ1) is 15.5. The van der Waals surface area contributed by atoms with Crippen LogP contribution in [0.5, 0.6) is 0 Å². The van der Waals surface area contributed by atoms with Crippen LogP contribution >= 0.6 is 15.9 Å². The lowest BCUT2D eigenvalue weighted by Gasteiger charge is -2.19. The van der Waals surface area contributed by atoms with Gasteiger partial charge >= 0.3 is 12.1 Å². The first-order valence-electron chi connectivity index (χ1n) is 6.21. The Hall–Kier alpha value is -1.89. The molecule has 7 heteroatoms. The van der Waals surface area contributed by atoms with Crippen LogP contribution in [0, 0.1) is 0 Å². The van der Waals surface area contributed by atoms with Crippen molar-refractivity contribution in [1.29, 1.82) is 0 Å². The summed E-state index contributed by atoms with van der Waals surface area (Å²) in [6.07, 6.45) is 2.34. The SMILES string of the molecule is COC(=O)c1cn(C(=O)OC(C)(C)C)c2cc(Br)ncc12. The number of pyridine rings is 1. The van der Waals surface area contributed by atoms with Crippen LogP contribution in [-0.4, -0.2) is 34.3 Å². The van der Waals surface area contributed by atoms with E-state index >= 15 is 0 Å². The van der Waals surface area contributed by atoms with E-state index in [4.69, 9.17) is 9.47 Å². The highest BCUT2D eigenvalue weighted by Gasteiger charge is 2.23. The van der Waals surface area contributed by atoms with Crippen LogP contribution in [0.4, 0.5) is 4.79 Å². The predicted octanol–water partition coefficient (Wildman–Crippen LogP) is 3.37. The minimum Gasteiger partial charge on any atom is -0.465 e. The molecule has 0 unspecified atom stereocenters. The molecule has 112 valence electrons. The maximum Gasteiger partial charge on any atom is 0.419 e. The normalized spacial score (nSPS) is 11.5. The Kier molecular flexibility index (Phi) is 4.04. The van der Waals surface area contributed by atoms with Crippen molar-refractivity contribution in [1.82, 2.24) is 9.55 Å². The number of carbonyl (C=O) groups is 2. The van der Waals surface area contributed by atoms with Crippen molar-refractivity contribution in [2.24, 2.45) is 0 Å². The second-order valence-corrected chi connectivity index (χ2v) is 6.22. The van der Waals surface area contributed by atoms with E-state index in [9.17, 15) is 9.59 Å². The standard InChI is InChI=1S/C14H15BrN2O4/c1-14(2,3)21-13(19)17-7-9(12(18)20-4)8-6-16-11(15)5-10(8)17/h5-7H,1-4H3. The number of rotatable bonds is 1. The summed E-state index contributed by atoms with van der Waals surface area (Å²) in [5.41, 5.74) is 0.147. The minimum atomic E-state index is -0.636. The molecular weight excluding hydrogens is 340 g/mol. The zero-order valence-electron chi connectivity index (χ0n) is 12.1. The van der Waals surface area contributed by atoms with E-state index in [2.05, 4.69) is 20.9 Å². The molecule has 0 bridgehead atoms. The van der Waals surface area contributed by atoms with Crippen molar-refractivity contribution in [2.75, 3.05) is 7.11 Å². The summed E-state index contributed by atoms with van der Waals surface area (Å²) < 4.78 is 11.9. The second-order valence-electron chi connectivity index (χ2n) is 5.41. The van der Waals surface area contributed by atoms with Gasteiger partial charge in [-0.15, -0.1) is 0 Å². The fourth-order valence-corrected chi connectivity index (χ4v) is 2.15. The van der Waals surface area contributed by atoms with Crippen molar-refractivity contribution in [3.8, 4) is 0 Å². The Bertz CT molecular complexity index is 716. The molecule has 2 aromatic heterocycles. The monoisotopic (exact) mass is 354 g/mol. The Labute approximate surface area is 130 Å². The lowest BCUT2D eigenvalue weighted by molar-refractivity contribution is 0.0544. The van der Waals surface area contributed by atoms with E-state index in [1.807, 2.05) is 0 Å². The number of hydrogen-bond donors (Lipinski definition) is 0. The molecule has 0 spiro atoms. The fourth-order valence-electron chi connectivity index (χ4n) is 1.83. The van der Waals surface area contributed by atoms with Gasteiger partial charge in [0, 0.05) is 17.8 Å². The number of hydrogen-bond acceptors (Lipinski definition) is 5. The van der Waals surface area contributed by atoms with Gasteiger partial charge in [0.1, 0.15) is 10.2 Å². The van der Waals surface area contributed by atoms with Crippen molar-refractivity contribution in [2.45, 2.75) is 26.4 Å². The van der Waals surface area contributed by atoms with Gasteiger partial charge in [0.15, 0.2) is 0 Å². The van der Waals surface area contributed by atoms with E-state index < -0.39 is 17.7 Å². The predicted molar refractivity (Wildman–Crippen MR) is 80.4 cm³/mol. The Morgan fingerprint density at radius 2 is 2.00 bits per heavy atom. The highest BCUT2D eigenvalue weighted by atomic mass is 79.9. The first-order valence-corrected chi connectivity index (χ1v) is 7.00.